The van der Waals surface area contributed by atoms with Crippen LogP contribution in [-0.2, 0) is 4.79 Å². The van der Waals surface area contributed by atoms with Gasteiger partial charge in [-0.2, -0.15) is 4.98 Å². The average Bonchev–Trinajstić information content (AvgIpc) is 2.81. The Kier molecular flexibility index (Phi) is 6.01. The zero-order valence-electron chi connectivity index (χ0n) is 19.3. The van der Waals surface area contributed by atoms with Crippen LogP contribution in [0.4, 0.5) is 33.2 Å². The quantitative estimate of drug-likeness (QED) is 0.467. The Bertz CT molecular complexity index is 1230. The second-order valence-corrected chi connectivity index (χ2v) is 7.83. The first-order valence-corrected chi connectivity index (χ1v) is 10.2. The Morgan fingerprint density at radius 2 is 1.71 bits per heavy atom. The number of benzene rings is 2. The molecule has 0 atom stereocenters. The van der Waals surface area contributed by atoms with Crippen LogP contribution in [0, 0.1) is 5.82 Å². The molecule has 0 saturated heterocycles. The Labute approximate surface area is 195 Å². The van der Waals surface area contributed by atoms with Crippen molar-refractivity contribution in [3.05, 3.63) is 42.3 Å². The second-order valence-electron chi connectivity index (χ2n) is 7.83. The third-order valence-electron chi connectivity index (χ3n) is 5.07. The molecule has 0 spiro atoms. The van der Waals surface area contributed by atoms with Crippen molar-refractivity contribution in [1.82, 2.24) is 9.97 Å². The number of nitrogens with one attached hydrogen (secondary N) is 3. The first kappa shape index (κ1) is 22.9. The van der Waals surface area contributed by atoms with Crippen LogP contribution < -0.4 is 34.9 Å². The highest BCUT2D eigenvalue weighted by atomic mass is 19.1. The van der Waals surface area contributed by atoms with E-state index in [0.717, 1.165) is 6.20 Å². The zero-order chi connectivity index (χ0) is 24.5. The second kappa shape index (κ2) is 8.93. The van der Waals surface area contributed by atoms with Crippen LogP contribution in [0.1, 0.15) is 13.8 Å². The van der Waals surface area contributed by atoms with E-state index < -0.39 is 11.4 Å². The number of hydrogen-bond acceptors (Lipinski definition) is 9. The number of carbonyl (C=O) groups excluding carboxylic acids is 1. The van der Waals surface area contributed by atoms with Gasteiger partial charge in [-0.3, -0.25) is 4.79 Å². The number of ether oxygens (including phenoxy) is 4. The molecule has 0 unspecified atom stereocenters. The lowest BCUT2D eigenvalue weighted by Crippen LogP contribution is -2.45. The van der Waals surface area contributed by atoms with Gasteiger partial charge >= 0.3 is 0 Å². The number of fused-ring (bicyclic) bond motifs is 1. The number of amides is 1. The molecule has 1 aliphatic rings. The van der Waals surface area contributed by atoms with Crippen molar-refractivity contribution in [3.63, 3.8) is 0 Å². The number of halogens is 1. The summed E-state index contributed by atoms with van der Waals surface area (Å²) >= 11 is 0. The van der Waals surface area contributed by atoms with Gasteiger partial charge < -0.3 is 34.9 Å². The topological polar surface area (TPSA) is 116 Å². The number of rotatable bonds is 7. The van der Waals surface area contributed by atoms with Crippen LogP contribution >= 0.6 is 0 Å². The molecule has 11 heteroatoms. The van der Waals surface area contributed by atoms with E-state index in [1.807, 2.05) is 0 Å². The van der Waals surface area contributed by atoms with Crippen LogP contribution in [0.25, 0.3) is 0 Å². The van der Waals surface area contributed by atoms with E-state index in [4.69, 9.17) is 18.9 Å². The van der Waals surface area contributed by atoms with Crippen LogP contribution in [0.2, 0.25) is 0 Å². The average molecular weight is 469 g/mol. The predicted molar refractivity (Wildman–Crippen MR) is 124 cm³/mol. The molecule has 1 aromatic heterocycles. The third kappa shape index (κ3) is 4.45. The maximum absolute atomic E-state index is 14.5. The molecule has 4 rings (SSSR count). The summed E-state index contributed by atoms with van der Waals surface area (Å²) in [4.78, 5) is 20.4. The monoisotopic (exact) mass is 469 g/mol. The summed E-state index contributed by atoms with van der Waals surface area (Å²) in [6.45, 7) is 3.35. The van der Waals surface area contributed by atoms with Gasteiger partial charge in [0, 0.05) is 23.5 Å². The highest BCUT2D eigenvalue weighted by molar-refractivity contribution is 6.00. The lowest BCUT2D eigenvalue weighted by molar-refractivity contribution is -0.129. The fourth-order valence-corrected chi connectivity index (χ4v) is 3.32. The summed E-state index contributed by atoms with van der Waals surface area (Å²) in [6, 6.07) is 8.37. The molecule has 0 fully saturated rings. The van der Waals surface area contributed by atoms with E-state index in [9.17, 15) is 9.18 Å². The van der Waals surface area contributed by atoms with Crippen molar-refractivity contribution < 1.29 is 28.1 Å². The van der Waals surface area contributed by atoms with Gasteiger partial charge in [-0.15, -0.1) is 0 Å². The smallest absolute Gasteiger partial charge is 0.268 e. The Morgan fingerprint density at radius 1 is 1.00 bits per heavy atom. The molecule has 3 aromatic rings. The summed E-state index contributed by atoms with van der Waals surface area (Å²) in [5.41, 5.74) is 0.537. The molecule has 3 N–H and O–H groups in total. The van der Waals surface area contributed by atoms with E-state index in [-0.39, 0.29) is 17.7 Å². The minimum atomic E-state index is -0.978. The Hall–Kier alpha value is -4.28. The standard InChI is InChI=1S/C23H24FN5O5/c1-23(2)21(30)28-15-8-12(6-7-16(15)34-23)26-20-14(24)11-25-22(29-20)27-13-9-17(31-3)19(33-5)18(10-13)32-4/h6-11H,1-5H3,(H,28,30)(H2,25,26,27,29). The fourth-order valence-electron chi connectivity index (χ4n) is 3.32. The molecule has 34 heavy (non-hydrogen) atoms. The van der Waals surface area contributed by atoms with Gasteiger partial charge in [-0.05, 0) is 32.0 Å². The largest absolute Gasteiger partial charge is 0.493 e. The zero-order valence-corrected chi connectivity index (χ0v) is 19.3. The Balaban J connectivity index is 1.58. The third-order valence-corrected chi connectivity index (χ3v) is 5.07. The van der Waals surface area contributed by atoms with Crippen molar-refractivity contribution >= 4 is 34.7 Å². The number of anilines is 5. The number of aromatic nitrogens is 2. The highest BCUT2D eigenvalue weighted by Crippen LogP contribution is 2.40. The SMILES string of the molecule is COc1cc(Nc2ncc(F)c(Nc3ccc4c(c3)NC(=O)C(C)(C)O4)n2)cc(OC)c1OC. The number of methoxy groups -OCH3 is 3. The Morgan fingerprint density at radius 3 is 2.35 bits per heavy atom. The van der Waals surface area contributed by atoms with Crippen LogP contribution in [0.3, 0.4) is 0 Å². The molecule has 0 radical (unpaired) electrons. The summed E-state index contributed by atoms with van der Waals surface area (Å²) in [5.74, 6) is 0.963. The van der Waals surface area contributed by atoms with Gasteiger partial charge in [-0.1, -0.05) is 0 Å². The minimum Gasteiger partial charge on any atom is -0.493 e. The fraction of sp³-hybridized carbons (Fsp3) is 0.261. The van der Waals surface area contributed by atoms with Gasteiger partial charge in [0.25, 0.3) is 5.91 Å². The first-order valence-electron chi connectivity index (χ1n) is 10.2. The van der Waals surface area contributed by atoms with E-state index in [2.05, 4.69) is 25.9 Å². The van der Waals surface area contributed by atoms with Crippen molar-refractivity contribution in [2.75, 3.05) is 37.3 Å². The lowest BCUT2D eigenvalue weighted by Gasteiger charge is -2.31. The van der Waals surface area contributed by atoms with Crippen LogP contribution in [0.15, 0.2) is 36.5 Å². The predicted octanol–water partition coefficient (Wildman–Crippen LogP) is 4.24. The molecule has 0 bridgehead atoms. The molecule has 2 aromatic carbocycles. The highest BCUT2D eigenvalue weighted by Gasteiger charge is 2.35. The van der Waals surface area contributed by atoms with E-state index in [0.29, 0.717) is 40.1 Å². The number of hydrogen-bond donors (Lipinski definition) is 3. The molecule has 178 valence electrons. The summed E-state index contributed by atoms with van der Waals surface area (Å²) in [5, 5.41) is 8.70. The molecular formula is C23H24FN5O5. The summed E-state index contributed by atoms with van der Waals surface area (Å²) in [7, 11) is 4.52. The minimum absolute atomic E-state index is 0.0618. The van der Waals surface area contributed by atoms with Gasteiger partial charge in [0.05, 0.1) is 33.2 Å². The van der Waals surface area contributed by atoms with Crippen molar-refractivity contribution in [3.8, 4) is 23.0 Å². The molecule has 1 amide bonds. The molecule has 2 heterocycles. The first-order chi connectivity index (χ1) is 16.2. The van der Waals surface area contributed by atoms with Gasteiger partial charge in [0.1, 0.15) is 5.75 Å². The van der Waals surface area contributed by atoms with Crippen molar-refractivity contribution in [2.24, 2.45) is 0 Å². The van der Waals surface area contributed by atoms with E-state index in [1.165, 1.54) is 21.3 Å². The van der Waals surface area contributed by atoms with Gasteiger partial charge in [-0.25, -0.2) is 9.37 Å². The van der Waals surface area contributed by atoms with Crippen LogP contribution in [-0.4, -0.2) is 42.8 Å². The maximum Gasteiger partial charge on any atom is 0.268 e. The maximum atomic E-state index is 14.5. The molecular weight excluding hydrogens is 445 g/mol. The van der Waals surface area contributed by atoms with E-state index in [1.54, 1.807) is 44.2 Å². The number of nitrogens with zero attached hydrogens (tertiary/aromatic N) is 2. The molecule has 10 nitrogen and oxygen atoms in total. The van der Waals surface area contributed by atoms with Gasteiger partial charge in [0.2, 0.25) is 11.7 Å². The van der Waals surface area contributed by atoms with Crippen molar-refractivity contribution in [1.29, 1.82) is 0 Å². The summed E-state index contributed by atoms with van der Waals surface area (Å²) < 4.78 is 36.2. The molecule has 1 aliphatic heterocycles. The van der Waals surface area contributed by atoms with Crippen molar-refractivity contribution in [2.45, 2.75) is 19.4 Å². The lowest BCUT2D eigenvalue weighted by atomic mass is 10.1. The number of carbonyl (C=O) groups is 1. The summed E-state index contributed by atoms with van der Waals surface area (Å²) in [6.07, 6.45) is 1.04. The molecule has 0 aliphatic carbocycles. The normalized spacial score (nSPS) is 13.8. The van der Waals surface area contributed by atoms with E-state index >= 15 is 0 Å². The van der Waals surface area contributed by atoms with Crippen LogP contribution in [0.5, 0.6) is 23.0 Å². The molecule has 0 saturated carbocycles. The van der Waals surface area contributed by atoms with Gasteiger partial charge in [0.15, 0.2) is 28.7 Å².